The number of esters is 1. The fraction of sp³-hybridized carbons (Fsp3) is 0.571. The fourth-order valence-corrected chi connectivity index (χ4v) is 1.83. The summed E-state index contributed by atoms with van der Waals surface area (Å²) in [5.41, 5.74) is 8.32. The zero-order chi connectivity index (χ0) is 17.4. The van der Waals surface area contributed by atoms with E-state index in [1.807, 2.05) is 0 Å². The van der Waals surface area contributed by atoms with Crippen molar-refractivity contribution in [2.24, 2.45) is 11.7 Å². The Balaban J connectivity index is 2.43. The number of aromatic nitrogens is 2. The largest absolute Gasteiger partial charge is 0.467 e. The molecule has 0 fully saturated rings. The van der Waals surface area contributed by atoms with Gasteiger partial charge in [-0.3, -0.25) is 15.0 Å². The molecule has 4 N–H and O–H groups in total. The predicted octanol–water partition coefficient (Wildman–Crippen LogP) is -0.625. The molecule has 9 nitrogen and oxygen atoms in total. The minimum Gasteiger partial charge on any atom is -0.467 e. The van der Waals surface area contributed by atoms with Gasteiger partial charge in [0.05, 0.1) is 13.2 Å². The summed E-state index contributed by atoms with van der Waals surface area (Å²) < 4.78 is 6.05. The van der Waals surface area contributed by atoms with Gasteiger partial charge in [-0.05, 0) is 12.3 Å². The fourth-order valence-electron chi connectivity index (χ4n) is 1.83. The molecular weight excluding hydrogens is 302 g/mol. The maximum Gasteiger partial charge on any atom is 0.328 e. The highest BCUT2D eigenvalue weighted by molar-refractivity contribution is 5.88. The number of nitrogens with zero attached hydrogens (tertiary/aromatic N) is 2. The monoisotopic (exact) mass is 325 g/mol. The molecule has 0 unspecified atom stereocenters. The number of carbonyl (C=O) groups excluding carboxylic acids is 3. The molecule has 0 aliphatic rings. The number of ether oxygens (including phenoxy) is 1. The quantitative estimate of drug-likeness (QED) is 0.546. The van der Waals surface area contributed by atoms with E-state index >= 15 is 0 Å². The average molecular weight is 325 g/mol. The van der Waals surface area contributed by atoms with Gasteiger partial charge in [-0.2, -0.15) is 0 Å². The Kier molecular flexibility index (Phi) is 7.20. The van der Waals surface area contributed by atoms with Crippen LogP contribution in [0.4, 0.5) is 0 Å². The highest BCUT2D eigenvalue weighted by Gasteiger charge is 2.27. The Morgan fingerprint density at radius 1 is 1.35 bits per heavy atom. The first kappa shape index (κ1) is 18.6. The lowest BCUT2D eigenvalue weighted by Crippen LogP contribution is -2.51. The third-order valence-corrected chi connectivity index (χ3v) is 3.20. The molecule has 1 heterocycles. The molecule has 0 aliphatic carbocycles. The molecule has 0 bridgehead atoms. The lowest BCUT2D eigenvalue weighted by atomic mass is 10.0. The van der Waals surface area contributed by atoms with Crippen LogP contribution in [0, 0.1) is 5.92 Å². The number of carbonyl (C=O) groups is 3. The average Bonchev–Trinajstić information content (AvgIpc) is 3.01. The van der Waals surface area contributed by atoms with Crippen molar-refractivity contribution in [3.63, 3.8) is 0 Å². The lowest BCUT2D eigenvalue weighted by Gasteiger charge is -2.21. The predicted molar refractivity (Wildman–Crippen MR) is 82.6 cm³/mol. The molecule has 2 amide bonds. The summed E-state index contributed by atoms with van der Waals surface area (Å²) in [6.45, 7) is 3.57. The number of rotatable bonds is 8. The molecule has 1 aromatic rings. The minimum atomic E-state index is -0.894. The van der Waals surface area contributed by atoms with Crippen molar-refractivity contribution < 1.29 is 19.1 Å². The molecule has 9 heteroatoms. The van der Waals surface area contributed by atoms with Gasteiger partial charge in [0.25, 0.3) is 0 Å². The van der Waals surface area contributed by atoms with Gasteiger partial charge >= 0.3 is 5.97 Å². The van der Waals surface area contributed by atoms with Crippen LogP contribution in [0.25, 0.3) is 0 Å². The molecule has 0 aliphatic heterocycles. The maximum atomic E-state index is 12.0. The van der Waals surface area contributed by atoms with Gasteiger partial charge in [-0.1, -0.05) is 13.8 Å². The highest BCUT2D eigenvalue weighted by Crippen LogP contribution is 2.05. The van der Waals surface area contributed by atoms with Gasteiger partial charge in [0.2, 0.25) is 11.8 Å². The summed E-state index contributed by atoms with van der Waals surface area (Å²) >= 11 is 0. The SMILES string of the molecule is COC(=O)[C@@H](NC(=O)[C@@H](N)CCC(=O)Nn1ccnc1)C(C)C. The summed E-state index contributed by atoms with van der Waals surface area (Å²) in [6.07, 6.45) is 4.76. The Labute approximate surface area is 134 Å². The molecular formula is C14H23N5O4. The van der Waals surface area contributed by atoms with E-state index in [-0.39, 0.29) is 24.7 Å². The zero-order valence-electron chi connectivity index (χ0n) is 13.5. The van der Waals surface area contributed by atoms with Crippen molar-refractivity contribution in [3.8, 4) is 0 Å². The number of imidazole rings is 1. The summed E-state index contributed by atoms with van der Waals surface area (Å²) in [5, 5.41) is 2.55. The Hall–Kier alpha value is -2.42. The summed E-state index contributed by atoms with van der Waals surface area (Å²) in [4.78, 5) is 39.1. The summed E-state index contributed by atoms with van der Waals surface area (Å²) in [7, 11) is 1.25. The second-order valence-corrected chi connectivity index (χ2v) is 5.40. The lowest BCUT2D eigenvalue weighted by molar-refractivity contribution is -0.146. The van der Waals surface area contributed by atoms with Crippen LogP contribution in [-0.4, -0.2) is 46.6 Å². The van der Waals surface area contributed by atoms with E-state index < -0.39 is 24.0 Å². The van der Waals surface area contributed by atoms with E-state index in [4.69, 9.17) is 5.73 Å². The number of methoxy groups -OCH3 is 1. The van der Waals surface area contributed by atoms with E-state index in [0.29, 0.717) is 0 Å². The first-order valence-corrected chi connectivity index (χ1v) is 7.26. The van der Waals surface area contributed by atoms with E-state index in [9.17, 15) is 14.4 Å². The molecule has 0 aromatic carbocycles. The van der Waals surface area contributed by atoms with Gasteiger partial charge in [-0.25, -0.2) is 14.5 Å². The van der Waals surface area contributed by atoms with Crippen LogP contribution in [0.15, 0.2) is 18.7 Å². The van der Waals surface area contributed by atoms with Gasteiger partial charge in [0, 0.05) is 18.8 Å². The molecule has 0 radical (unpaired) electrons. The van der Waals surface area contributed by atoms with Crippen LogP contribution in [0.2, 0.25) is 0 Å². The van der Waals surface area contributed by atoms with Crippen molar-refractivity contribution in [2.45, 2.75) is 38.8 Å². The Morgan fingerprint density at radius 3 is 2.57 bits per heavy atom. The topological polar surface area (TPSA) is 128 Å². The summed E-state index contributed by atoms with van der Waals surface area (Å²) in [5.74, 6) is -1.45. The Bertz CT molecular complexity index is 529. The maximum absolute atomic E-state index is 12.0. The molecule has 2 atom stereocenters. The first-order valence-electron chi connectivity index (χ1n) is 7.26. The van der Waals surface area contributed by atoms with E-state index in [1.54, 1.807) is 20.0 Å². The van der Waals surface area contributed by atoms with Crippen LogP contribution in [0.1, 0.15) is 26.7 Å². The first-order chi connectivity index (χ1) is 10.8. The van der Waals surface area contributed by atoms with Crippen molar-refractivity contribution in [1.82, 2.24) is 15.0 Å². The Morgan fingerprint density at radius 2 is 2.04 bits per heavy atom. The highest BCUT2D eigenvalue weighted by atomic mass is 16.5. The second kappa shape index (κ2) is 8.89. The number of nitrogens with two attached hydrogens (primary N) is 1. The van der Waals surface area contributed by atoms with Gasteiger partial charge in [0.1, 0.15) is 12.4 Å². The van der Waals surface area contributed by atoms with Crippen LogP contribution in [0.3, 0.4) is 0 Å². The smallest absolute Gasteiger partial charge is 0.328 e. The summed E-state index contributed by atoms with van der Waals surface area (Å²) in [6, 6.07) is -1.66. The standard InChI is InChI=1S/C14H23N5O4/c1-9(2)12(14(22)23-3)17-13(21)10(15)4-5-11(20)18-19-7-6-16-8-19/h6-10,12H,4-5,15H2,1-3H3,(H,17,21)(H,18,20)/t10-,12-/m0/s1. The number of hydrogen-bond donors (Lipinski definition) is 3. The third kappa shape index (κ3) is 6.07. The van der Waals surface area contributed by atoms with Crippen LogP contribution in [0.5, 0.6) is 0 Å². The van der Waals surface area contributed by atoms with Gasteiger partial charge in [-0.15, -0.1) is 0 Å². The van der Waals surface area contributed by atoms with Crippen LogP contribution < -0.4 is 16.5 Å². The molecule has 1 rings (SSSR count). The number of amides is 2. The minimum absolute atomic E-state index is 0.0668. The molecule has 0 saturated carbocycles. The zero-order valence-corrected chi connectivity index (χ0v) is 13.5. The molecule has 128 valence electrons. The van der Waals surface area contributed by atoms with E-state index in [2.05, 4.69) is 20.5 Å². The van der Waals surface area contributed by atoms with Crippen LogP contribution >= 0.6 is 0 Å². The molecule has 1 aromatic heterocycles. The molecule has 0 spiro atoms. The van der Waals surface area contributed by atoms with Gasteiger partial charge < -0.3 is 15.8 Å². The second-order valence-electron chi connectivity index (χ2n) is 5.40. The van der Waals surface area contributed by atoms with Gasteiger partial charge in [0.15, 0.2) is 0 Å². The van der Waals surface area contributed by atoms with Crippen molar-refractivity contribution >= 4 is 17.8 Å². The van der Waals surface area contributed by atoms with Crippen molar-refractivity contribution in [1.29, 1.82) is 0 Å². The molecule has 0 saturated heterocycles. The van der Waals surface area contributed by atoms with Crippen molar-refractivity contribution in [3.05, 3.63) is 18.7 Å². The third-order valence-electron chi connectivity index (χ3n) is 3.20. The number of hydrogen-bond acceptors (Lipinski definition) is 6. The normalized spacial score (nSPS) is 13.3. The van der Waals surface area contributed by atoms with E-state index in [0.717, 1.165) is 0 Å². The van der Waals surface area contributed by atoms with Crippen LogP contribution in [-0.2, 0) is 19.1 Å². The number of nitrogens with one attached hydrogen (secondary N) is 2. The van der Waals surface area contributed by atoms with E-state index in [1.165, 1.54) is 24.3 Å². The molecule has 23 heavy (non-hydrogen) atoms. The van der Waals surface area contributed by atoms with Crippen molar-refractivity contribution in [2.75, 3.05) is 12.5 Å².